The fraction of sp³-hybridized carbons (Fsp3) is 0.387. The number of hydrogen-bond acceptors (Lipinski definition) is 24. The van der Waals surface area contributed by atoms with E-state index in [0.29, 0.717) is 36.3 Å². The molecule has 30 heteroatoms. The summed E-state index contributed by atoms with van der Waals surface area (Å²) >= 11 is 0. The van der Waals surface area contributed by atoms with Crippen molar-refractivity contribution in [2.24, 2.45) is 0 Å². The summed E-state index contributed by atoms with van der Waals surface area (Å²) in [5, 5.41) is 66.1. The third-order valence-electron chi connectivity index (χ3n) is 15.3. The lowest BCUT2D eigenvalue weighted by Crippen LogP contribution is -2.55. The van der Waals surface area contributed by atoms with Gasteiger partial charge in [-0.15, -0.1) is 0 Å². The molecule has 0 fully saturated rings. The van der Waals surface area contributed by atoms with Gasteiger partial charge in [0.25, 0.3) is 0 Å². The molecule has 0 spiro atoms. The highest BCUT2D eigenvalue weighted by Gasteiger charge is 2.44. The summed E-state index contributed by atoms with van der Waals surface area (Å²) in [6.07, 6.45) is -3.33. The Morgan fingerprint density at radius 1 is 0.478 bits per heavy atom. The minimum Gasteiger partial charge on any atom is -0.508 e. The normalized spacial score (nSPS) is 13.8. The SMILES string of the molecule is Cc1c(C)c(C)c(-c2oc3cc(O)cc(O)c3c(=O)c2OC(NCC(=O)NCC=O)NCC(=O)NCC(=O)NCC=O)c(C)c1C.Cc1c(C)c(C)c(C2Oc3cc(O)cc(O)c3C(=O)C2OC(NCC(=O)NCC=O)NCC(=O)NCC(=O)NCC=O)c(C)c1C. The summed E-state index contributed by atoms with van der Waals surface area (Å²) in [7, 11) is 0. The molecule has 5 aromatic rings. The van der Waals surface area contributed by atoms with Crippen LogP contribution in [0.4, 0.5) is 0 Å². The minimum atomic E-state index is -1.44. The van der Waals surface area contributed by atoms with Gasteiger partial charge in [0.05, 0.1) is 65.4 Å². The monoisotopic (exact) mass is 1280 g/mol. The highest BCUT2D eigenvalue weighted by Crippen LogP contribution is 2.46. The van der Waals surface area contributed by atoms with Crippen LogP contribution in [0.1, 0.15) is 77.7 Å². The Bertz CT molecular complexity index is 3680. The van der Waals surface area contributed by atoms with E-state index in [2.05, 4.69) is 53.2 Å². The molecular formula is C62H76N10O20. The van der Waals surface area contributed by atoms with Crippen LogP contribution in [0, 0.1) is 69.2 Å². The zero-order valence-corrected chi connectivity index (χ0v) is 52.3. The van der Waals surface area contributed by atoms with Crippen molar-refractivity contribution < 1.29 is 91.8 Å². The molecule has 4 atom stereocenters. The Balaban J connectivity index is 0.000000334. The number of rotatable bonds is 30. The van der Waals surface area contributed by atoms with E-state index >= 15 is 0 Å². The lowest BCUT2D eigenvalue weighted by atomic mass is 9.83. The smallest absolute Gasteiger partial charge is 0.239 e. The molecule has 0 saturated carbocycles. The number of benzene rings is 4. The number of ether oxygens (including phenoxy) is 3. The third kappa shape index (κ3) is 18.5. The Morgan fingerprint density at radius 3 is 1.30 bits per heavy atom. The molecule has 6 amide bonds. The van der Waals surface area contributed by atoms with E-state index < -0.39 is 122 Å². The lowest BCUT2D eigenvalue weighted by molar-refractivity contribution is -0.128. The second-order valence-corrected chi connectivity index (χ2v) is 21.1. The number of aldehydes is 4. The Kier molecular flexibility index (Phi) is 26.5. The molecule has 0 saturated heterocycles. The standard InChI is InChI=1S/C31H39N5O10.C31H37N5O10/c2*1-15-16(2)18(4)26(19(5)17(15)3)29-30(28(44)27-21(40)10-20(39)11-22(27)45-29)46-31(35-13-24(42)33-7-9-38)36-14-25(43)34-12-23(41)32-6-8-37/h8-11,29-31,35-36,39-40H,6-7,12-14H2,1-5H3,(H,32,41)(H,33,42)(H,34,43);8-11,31,35-36,39-40H,6-7,12-14H2,1-5H3,(H,32,41)(H,33,42)(H,34,43). The lowest BCUT2D eigenvalue weighted by Gasteiger charge is -2.37. The maximum absolute atomic E-state index is 14.0. The van der Waals surface area contributed by atoms with Crippen LogP contribution in [0.15, 0.2) is 33.5 Å². The highest BCUT2D eigenvalue weighted by atomic mass is 16.6. The van der Waals surface area contributed by atoms with Crippen molar-refractivity contribution in [3.63, 3.8) is 0 Å². The summed E-state index contributed by atoms with van der Waals surface area (Å²) in [6.45, 7) is 15.6. The number of hydrogen-bond donors (Lipinski definition) is 14. The van der Waals surface area contributed by atoms with Crippen LogP contribution < -0.4 is 68.1 Å². The molecule has 0 aliphatic carbocycles. The van der Waals surface area contributed by atoms with E-state index in [0.717, 1.165) is 67.8 Å². The van der Waals surface area contributed by atoms with Gasteiger partial charge >= 0.3 is 0 Å². The highest BCUT2D eigenvalue weighted by molar-refractivity contribution is 6.06. The molecule has 1 aliphatic heterocycles. The van der Waals surface area contributed by atoms with Gasteiger partial charge < -0.3 is 90.1 Å². The summed E-state index contributed by atoms with van der Waals surface area (Å²) in [6, 6.07) is 4.37. The summed E-state index contributed by atoms with van der Waals surface area (Å²) in [5.74, 6) is -6.62. The number of phenols is 4. The van der Waals surface area contributed by atoms with Crippen molar-refractivity contribution in [2.45, 2.75) is 94.1 Å². The van der Waals surface area contributed by atoms with Gasteiger partial charge in [0, 0.05) is 35.4 Å². The van der Waals surface area contributed by atoms with Crippen molar-refractivity contribution in [1.29, 1.82) is 0 Å². The minimum absolute atomic E-state index is 0.0287. The van der Waals surface area contributed by atoms with Crippen molar-refractivity contribution in [3.8, 4) is 45.8 Å². The van der Waals surface area contributed by atoms with Crippen LogP contribution in [0.25, 0.3) is 22.3 Å². The molecule has 494 valence electrons. The van der Waals surface area contributed by atoms with Crippen LogP contribution in [0.3, 0.4) is 0 Å². The van der Waals surface area contributed by atoms with E-state index in [1.165, 1.54) is 12.1 Å². The maximum Gasteiger partial charge on any atom is 0.239 e. The summed E-state index contributed by atoms with van der Waals surface area (Å²) in [4.78, 5) is 143. The first-order chi connectivity index (χ1) is 43.6. The molecular weight excluding hydrogens is 1200 g/mol. The van der Waals surface area contributed by atoms with Crippen molar-refractivity contribution >= 4 is 77.3 Å². The number of ketones is 1. The van der Waals surface area contributed by atoms with Gasteiger partial charge in [-0.2, -0.15) is 0 Å². The Labute approximate surface area is 527 Å². The molecule has 4 unspecified atom stereocenters. The second kappa shape index (κ2) is 33.6. The number of fused-ring (bicyclic) bond motifs is 2. The maximum atomic E-state index is 14.0. The van der Waals surface area contributed by atoms with E-state index in [1.807, 2.05) is 69.2 Å². The van der Waals surface area contributed by atoms with Crippen molar-refractivity contribution in [1.82, 2.24) is 53.2 Å². The van der Waals surface area contributed by atoms with E-state index in [-0.39, 0.29) is 71.5 Å². The van der Waals surface area contributed by atoms with E-state index in [4.69, 9.17) is 18.6 Å². The number of phenolic OH excluding ortho intramolecular Hbond substituents is 4. The molecule has 4 aromatic carbocycles. The number of amides is 6. The van der Waals surface area contributed by atoms with Gasteiger partial charge in [-0.25, -0.2) is 0 Å². The average molecular weight is 1280 g/mol. The van der Waals surface area contributed by atoms with Crippen molar-refractivity contribution in [3.05, 3.63) is 101 Å². The molecule has 6 rings (SSSR count). The van der Waals surface area contributed by atoms with E-state index in [9.17, 15) is 78.0 Å². The number of Topliss-reactive ketones (excluding diaryl/α,β-unsaturated/α-hetero) is 1. The molecule has 0 radical (unpaired) electrons. The summed E-state index contributed by atoms with van der Waals surface area (Å²) < 4.78 is 24.7. The fourth-order valence-electron chi connectivity index (χ4n) is 9.77. The van der Waals surface area contributed by atoms with Crippen LogP contribution >= 0.6 is 0 Å². The molecule has 2 heterocycles. The van der Waals surface area contributed by atoms with Gasteiger partial charge in [-0.1, -0.05) is 0 Å². The van der Waals surface area contributed by atoms with Gasteiger partial charge in [0.15, 0.2) is 24.3 Å². The van der Waals surface area contributed by atoms with Gasteiger partial charge in [-0.05, 0) is 125 Å². The van der Waals surface area contributed by atoms with Crippen LogP contribution in [-0.2, 0) is 52.7 Å². The Hall–Kier alpha value is -10.1. The predicted octanol–water partition coefficient (Wildman–Crippen LogP) is -0.448. The molecule has 92 heavy (non-hydrogen) atoms. The van der Waals surface area contributed by atoms with Gasteiger partial charge in [0.1, 0.15) is 70.4 Å². The molecule has 1 aliphatic rings. The van der Waals surface area contributed by atoms with E-state index in [1.54, 1.807) is 0 Å². The zero-order chi connectivity index (χ0) is 68.3. The molecule has 30 nitrogen and oxygen atoms in total. The Morgan fingerprint density at radius 2 is 0.859 bits per heavy atom. The largest absolute Gasteiger partial charge is 0.508 e. The summed E-state index contributed by atoms with van der Waals surface area (Å²) in [5.41, 5.74) is 9.12. The van der Waals surface area contributed by atoms with Crippen LogP contribution in [-0.4, -0.2) is 171 Å². The van der Waals surface area contributed by atoms with Gasteiger partial charge in [-0.3, -0.25) is 59.6 Å². The zero-order valence-electron chi connectivity index (χ0n) is 52.3. The topological polar surface area (TPSA) is 447 Å². The fourth-order valence-corrected chi connectivity index (χ4v) is 9.77. The molecule has 0 bridgehead atoms. The second-order valence-electron chi connectivity index (χ2n) is 21.1. The van der Waals surface area contributed by atoms with Crippen LogP contribution in [0.2, 0.25) is 0 Å². The first-order valence-corrected chi connectivity index (χ1v) is 28.6. The number of carbonyl (C=O) groups is 11. The van der Waals surface area contributed by atoms with Crippen molar-refractivity contribution in [2.75, 3.05) is 65.4 Å². The predicted molar refractivity (Wildman–Crippen MR) is 330 cm³/mol. The molecule has 1 aromatic heterocycles. The number of aromatic hydroxyl groups is 4. The number of nitrogens with one attached hydrogen (secondary N) is 10. The van der Waals surface area contributed by atoms with Crippen LogP contribution in [0.5, 0.6) is 34.5 Å². The van der Waals surface area contributed by atoms with Gasteiger partial charge in [0.2, 0.25) is 58.8 Å². The first kappa shape index (κ1) is 72.6. The quantitative estimate of drug-likeness (QED) is 0.0205. The number of carbonyl (C=O) groups excluding carboxylic acids is 11. The third-order valence-corrected chi connectivity index (χ3v) is 15.3. The molecule has 14 N–H and O–H groups in total. The average Bonchev–Trinajstić information content (AvgIpc) is 0.759. The first-order valence-electron chi connectivity index (χ1n) is 28.6.